The minimum absolute atomic E-state index is 0.0726. The number of likely N-dealkylation sites (N-methyl/N-ethyl adjacent to an activating group) is 1. The average molecular weight is 280 g/mol. The summed E-state index contributed by atoms with van der Waals surface area (Å²) in [6.07, 6.45) is 0. The highest BCUT2D eigenvalue weighted by atomic mass is 16.4. The maximum absolute atomic E-state index is 12.2. The number of carbonyl (C=O) groups is 2. The lowest BCUT2D eigenvalue weighted by molar-refractivity contribution is -0.132. The van der Waals surface area contributed by atoms with E-state index in [1.54, 1.807) is 27.8 Å². The minimum Gasteiger partial charge on any atom is -0.478 e. The Morgan fingerprint density at radius 2 is 1.95 bits per heavy atom. The molecule has 20 heavy (non-hydrogen) atoms. The van der Waals surface area contributed by atoms with E-state index < -0.39 is 12.0 Å². The normalized spacial score (nSPS) is 12.1. The van der Waals surface area contributed by atoms with Gasteiger partial charge in [0.15, 0.2) is 0 Å². The fourth-order valence-corrected chi connectivity index (χ4v) is 2.29. The van der Waals surface area contributed by atoms with Crippen LogP contribution in [0, 0.1) is 13.8 Å². The lowest BCUT2D eigenvalue weighted by Crippen LogP contribution is -2.38. The standard InChI is InChI=1S/C14H20N2O4/c1-6-15(5)13(18)10(4)16-9(3)12(14(19)20)8(2)7-11(16)17/h7,10H,6H2,1-5H3,(H,19,20). The molecule has 0 fully saturated rings. The monoisotopic (exact) mass is 280 g/mol. The van der Waals surface area contributed by atoms with E-state index in [0.29, 0.717) is 17.8 Å². The molecule has 0 spiro atoms. The highest BCUT2D eigenvalue weighted by Gasteiger charge is 2.24. The van der Waals surface area contributed by atoms with Crippen molar-refractivity contribution in [2.45, 2.75) is 33.7 Å². The first-order valence-electron chi connectivity index (χ1n) is 6.43. The zero-order chi connectivity index (χ0) is 15.6. The number of carboxylic acid groups (broad SMARTS) is 1. The van der Waals surface area contributed by atoms with Crippen molar-refractivity contribution in [3.8, 4) is 0 Å². The van der Waals surface area contributed by atoms with E-state index in [4.69, 9.17) is 0 Å². The van der Waals surface area contributed by atoms with Crippen molar-refractivity contribution in [3.05, 3.63) is 33.2 Å². The molecule has 0 bridgehead atoms. The van der Waals surface area contributed by atoms with Crippen LogP contribution in [0.15, 0.2) is 10.9 Å². The largest absolute Gasteiger partial charge is 0.478 e. The SMILES string of the molecule is CCN(C)C(=O)C(C)n1c(C)c(C(=O)O)c(C)cc1=O. The molecular weight excluding hydrogens is 260 g/mol. The van der Waals surface area contributed by atoms with Crippen LogP contribution in [0.5, 0.6) is 0 Å². The maximum Gasteiger partial charge on any atom is 0.337 e. The fourth-order valence-electron chi connectivity index (χ4n) is 2.29. The Kier molecular flexibility index (Phi) is 4.70. The smallest absolute Gasteiger partial charge is 0.337 e. The summed E-state index contributed by atoms with van der Waals surface area (Å²) in [4.78, 5) is 37.0. The van der Waals surface area contributed by atoms with Gasteiger partial charge in [-0.15, -0.1) is 0 Å². The van der Waals surface area contributed by atoms with Crippen molar-refractivity contribution in [2.75, 3.05) is 13.6 Å². The molecule has 0 aliphatic heterocycles. The summed E-state index contributed by atoms with van der Waals surface area (Å²) < 4.78 is 1.24. The van der Waals surface area contributed by atoms with Crippen LogP contribution in [0.4, 0.5) is 0 Å². The number of aromatic carboxylic acids is 1. The van der Waals surface area contributed by atoms with Crippen LogP contribution in [0.2, 0.25) is 0 Å². The van der Waals surface area contributed by atoms with Gasteiger partial charge in [-0.25, -0.2) is 4.79 Å². The molecule has 1 atom stereocenters. The van der Waals surface area contributed by atoms with Gasteiger partial charge >= 0.3 is 5.97 Å². The molecule has 0 radical (unpaired) electrons. The van der Waals surface area contributed by atoms with E-state index in [0.717, 1.165) is 0 Å². The Labute approximate surface area is 117 Å². The number of pyridine rings is 1. The van der Waals surface area contributed by atoms with Gasteiger partial charge in [-0.3, -0.25) is 14.2 Å². The highest BCUT2D eigenvalue weighted by Crippen LogP contribution is 2.16. The topological polar surface area (TPSA) is 79.6 Å². The molecule has 1 amide bonds. The number of hydrogen-bond donors (Lipinski definition) is 1. The number of aromatic nitrogens is 1. The first-order valence-corrected chi connectivity index (χ1v) is 6.43. The van der Waals surface area contributed by atoms with Gasteiger partial charge in [0, 0.05) is 25.4 Å². The first kappa shape index (κ1) is 15.9. The van der Waals surface area contributed by atoms with Gasteiger partial charge in [-0.2, -0.15) is 0 Å². The second-order valence-corrected chi connectivity index (χ2v) is 4.83. The van der Waals surface area contributed by atoms with Crippen molar-refractivity contribution in [1.82, 2.24) is 9.47 Å². The Hall–Kier alpha value is -2.11. The first-order chi connectivity index (χ1) is 9.22. The summed E-state index contributed by atoms with van der Waals surface area (Å²) in [5.41, 5.74) is 0.409. The average Bonchev–Trinajstić information content (AvgIpc) is 2.35. The van der Waals surface area contributed by atoms with Gasteiger partial charge in [-0.05, 0) is 33.3 Å². The third kappa shape index (κ3) is 2.74. The predicted molar refractivity (Wildman–Crippen MR) is 75.2 cm³/mol. The summed E-state index contributed by atoms with van der Waals surface area (Å²) in [6.45, 7) is 7.08. The van der Waals surface area contributed by atoms with E-state index in [-0.39, 0.29) is 17.0 Å². The second kappa shape index (κ2) is 5.90. The van der Waals surface area contributed by atoms with Crippen molar-refractivity contribution in [2.24, 2.45) is 0 Å². The highest BCUT2D eigenvalue weighted by molar-refractivity contribution is 5.90. The van der Waals surface area contributed by atoms with E-state index in [9.17, 15) is 19.5 Å². The number of amides is 1. The predicted octanol–water partition coefficient (Wildman–Crippen LogP) is 1.20. The van der Waals surface area contributed by atoms with Gasteiger partial charge in [0.1, 0.15) is 6.04 Å². The molecule has 6 nitrogen and oxygen atoms in total. The zero-order valence-electron chi connectivity index (χ0n) is 12.4. The van der Waals surface area contributed by atoms with Crippen LogP contribution in [0.1, 0.15) is 41.5 Å². The van der Waals surface area contributed by atoms with Crippen LogP contribution in [0.25, 0.3) is 0 Å². The van der Waals surface area contributed by atoms with Crippen molar-refractivity contribution in [1.29, 1.82) is 0 Å². The molecular formula is C14H20N2O4. The molecule has 0 aliphatic carbocycles. The van der Waals surface area contributed by atoms with E-state index in [2.05, 4.69) is 0 Å². The third-order valence-electron chi connectivity index (χ3n) is 3.50. The summed E-state index contributed by atoms with van der Waals surface area (Å²) in [6, 6.07) is 0.526. The molecule has 0 saturated carbocycles. The lowest BCUT2D eigenvalue weighted by Gasteiger charge is -2.24. The summed E-state index contributed by atoms with van der Waals surface area (Å²) in [7, 11) is 1.64. The van der Waals surface area contributed by atoms with E-state index in [1.807, 2.05) is 6.92 Å². The molecule has 0 saturated heterocycles. The van der Waals surface area contributed by atoms with Crippen molar-refractivity contribution >= 4 is 11.9 Å². The van der Waals surface area contributed by atoms with Crippen LogP contribution < -0.4 is 5.56 Å². The van der Waals surface area contributed by atoms with Crippen LogP contribution >= 0.6 is 0 Å². The number of carbonyl (C=O) groups excluding carboxylic acids is 1. The molecule has 1 aromatic heterocycles. The summed E-state index contributed by atoms with van der Waals surface area (Å²) >= 11 is 0. The Bertz CT molecular complexity index is 604. The van der Waals surface area contributed by atoms with Gasteiger partial charge in [-0.1, -0.05) is 0 Å². The molecule has 1 unspecified atom stereocenters. The maximum atomic E-state index is 12.2. The quantitative estimate of drug-likeness (QED) is 0.898. The van der Waals surface area contributed by atoms with Crippen molar-refractivity contribution in [3.63, 3.8) is 0 Å². The zero-order valence-corrected chi connectivity index (χ0v) is 12.4. The molecule has 6 heteroatoms. The Morgan fingerprint density at radius 3 is 2.40 bits per heavy atom. The van der Waals surface area contributed by atoms with Gasteiger partial charge in [0.2, 0.25) is 5.91 Å². The van der Waals surface area contributed by atoms with Crippen molar-refractivity contribution < 1.29 is 14.7 Å². The molecule has 1 rings (SSSR count). The summed E-state index contributed by atoms with van der Waals surface area (Å²) in [5, 5.41) is 9.23. The summed E-state index contributed by atoms with van der Waals surface area (Å²) in [5.74, 6) is -1.32. The van der Waals surface area contributed by atoms with E-state index >= 15 is 0 Å². The van der Waals surface area contributed by atoms with Gasteiger partial charge in [0.05, 0.1) is 5.56 Å². The molecule has 1 aromatic rings. The molecule has 1 N–H and O–H groups in total. The fraction of sp³-hybridized carbons (Fsp3) is 0.500. The van der Waals surface area contributed by atoms with Crippen LogP contribution in [-0.4, -0.2) is 40.0 Å². The van der Waals surface area contributed by atoms with Crippen LogP contribution in [0.3, 0.4) is 0 Å². The number of aryl methyl sites for hydroxylation is 1. The second-order valence-electron chi connectivity index (χ2n) is 4.83. The van der Waals surface area contributed by atoms with Gasteiger partial charge in [0.25, 0.3) is 5.56 Å². The number of carboxylic acids is 1. The minimum atomic E-state index is -1.10. The van der Waals surface area contributed by atoms with E-state index in [1.165, 1.54) is 15.5 Å². The number of hydrogen-bond acceptors (Lipinski definition) is 3. The lowest BCUT2D eigenvalue weighted by atomic mass is 10.1. The Morgan fingerprint density at radius 1 is 1.40 bits per heavy atom. The molecule has 0 aromatic carbocycles. The van der Waals surface area contributed by atoms with Gasteiger partial charge < -0.3 is 10.0 Å². The third-order valence-corrected chi connectivity index (χ3v) is 3.50. The molecule has 0 aliphatic rings. The molecule has 1 heterocycles. The molecule has 110 valence electrons. The van der Waals surface area contributed by atoms with Crippen LogP contribution in [-0.2, 0) is 4.79 Å². The Balaban J connectivity index is 3.46. The number of rotatable bonds is 4. The number of nitrogens with zero attached hydrogens (tertiary/aromatic N) is 2.